The Morgan fingerprint density at radius 3 is 2.61 bits per heavy atom. The standard InChI is InChI=1S/C11H15N3O4/c1-2-5-12-7(15)6-14-9(17)11(3-4-11)8(16)13-10(14)18/h2-6H2,1H3,(H,12,15)(H,13,16,18). The lowest BCUT2D eigenvalue weighted by molar-refractivity contribution is -0.146. The van der Waals surface area contributed by atoms with Gasteiger partial charge in [0.1, 0.15) is 12.0 Å². The summed E-state index contributed by atoms with van der Waals surface area (Å²) in [6, 6.07) is -0.811. The first-order chi connectivity index (χ1) is 8.51. The molecule has 2 aliphatic rings. The van der Waals surface area contributed by atoms with E-state index < -0.39 is 29.2 Å². The molecule has 0 radical (unpaired) electrons. The number of amides is 5. The molecular formula is C11H15N3O4. The minimum atomic E-state index is -1.08. The van der Waals surface area contributed by atoms with Crippen LogP contribution in [0.2, 0.25) is 0 Å². The van der Waals surface area contributed by atoms with Crippen LogP contribution in [0.4, 0.5) is 4.79 Å². The summed E-state index contributed by atoms with van der Waals surface area (Å²) >= 11 is 0. The van der Waals surface area contributed by atoms with Crippen LogP contribution in [0.5, 0.6) is 0 Å². The SMILES string of the molecule is CCCNC(=O)CN1C(=O)NC(=O)C2(CC2)C1=O. The molecule has 1 saturated carbocycles. The van der Waals surface area contributed by atoms with Gasteiger partial charge in [-0.25, -0.2) is 4.79 Å². The van der Waals surface area contributed by atoms with Gasteiger partial charge >= 0.3 is 6.03 Å². The van der Waals surface area contributed by atoms with Gasteiger partial charge in [-0.3, -0.25) is 24.6 Å². The average molecular weight is 253 g/mol. The van der Waals surface area contributed by atoms with Crippen LogP contribution in [0, 0.1) is 5.41 Å². The van der Waals surface area contributed by atoms with Gasteiger partial charge in [0.2, 0.25) is 17.7 Å². The van der Waals surface area contributed by atoms with E-state index in [0.29, 0.717) is 19.4 Å². The number of carbonyl (C=O) groups is 4. The van der Waals surface area contributed by atoms with E-state index in [4.69, 9.17) is 0 Å². The van der Waals surface area contributed by atoms with E-state index in [0.717, 1.165) is 11.3 Å². The molecule has 7 heteroatoms. The Morgan fingerprint density at radius 1 is 1.39 bits per heavy atom. The van der Waals surface area contributed by atoms with E-state index in [1.165, 1.54) is 0 Å². The van der Waals surface area contributed by atoms with Crippen LogP contribution in [0.15, 0.2) is 0 Å². The van der Waals surface area contributed by atoms with Gasteiger partial charge in [-0.05, 0) is 19.3 Å². The van der Waals surface area contributed by atoms with Crippen LogP contribution in [-0.4, -0.2) is 41.7 Å². The first kappa shape index (κ1) is 12.5. The predicted molar refractivity (Wildman–Crippen MR) is 60.2 cm³/mol. The van der Waals surface area contributed by atoms with Crippen LogP contribution in [-0.2, 0) is 14.4 Å². The molecule has 1 heterocycles. The third-order valence-electron chi connectivity index (χ3n) is 3.18. The molecule has 7 nitrogen and oxygen atoms in total. The lowest BCUT2D eigenvalue weighted by Gasteiger charge is -2.29. The molecule has 2 N–H and O–H groups in total. The van der Waals surface area contributed by atoms with Crippen molar-refractivity contribution >= 4 is 23.8 Å². The molecule has 0 aromatic carbocycles. The Balaban J connectivity index is 2.03. The van der Waals surface area contributed by atoms with E-state index in [-0.39, 0.29) is 6.54 Å². The maximum absolute atomic E-state index is 12.0. The first-order valence-electron chi connectivity index (χ1n) is 5.95. The number of rotatable bonds is 4. The summed E-state index contributed by atoms with van der Waals surface area (Å²) in [5.41, 5.74) is -1.08. The molecule has 0 aromatic rings. The molecule has 0 bridgehead atoms. The summed E-state index contributed by atoms with van der Waals surface area (Å²) in [5, 5.41) is 4.70. The third kappa shape index (κ3) is 1.96. The number of nitrogens with one attached hydrogen (secondary N) is 2. The zero-order valence-electron chi connectivity index (χ0n) is 10.1. The summed E-state index contributed by atoms with van der Waals surface area (Å²) in [6.07, 6.45) is 1.66. The minimum Gasteiger partial charge on any atom is -0.355 e. The Morgan fingerprint density at radius 2 is 2.06 bits per heavy atom. The smallest absolute Gasteiger partial charge is 0.331 e. The number of urea groups is 1. The summed E-state index contributed by atoms with van der Waals surface area (Å²) in [7, 11) is 0. The maximum atomic E-state index is 12.0. The second kappa shape index (κ2) is 4.40. The van der Waals surface area contributed by atoms with Crippen molar-refractivity contribution in [3.05, 3.63) is 0 Å². The fourth-order valence-corrected chi connectivity index (χ4v) is 1.91. The molecule has 98 valence electrons. The lowest BCUT2D eigenvalue weighted by Crippen LogP contribution is -2.60. The summed E-state index contributed by atoms with van der Waals surface area (Å²) in [4.78, 5) is 47.4. The van der Waals surface area contributed by atoms with Crippen molar-refractivity contribution in [2.75, 3.05) is 13.1 Å². The largest absolute Gasteiger partial charge is 0.355 e. The Kier molecular flexibility index (Phi) is 3.06. The van der Waals surface area contributed by atoms with Crippen LogP contribution in [0.1, 0.15) is 26.2 Å². The van der Waals surface area contributed by atoms with Crippen molar-refractivity contribution in [1.29, 1.82) is 0 Å². The van der Waals surface area contributed by atoms with Crippen molar-refractivity contribution in [1.82, 2.24) is 15.5 Å². The molecular weight excluding hydrogens is 238 g/mol. The Hall–Kier alpha value is -1.92. The average Bonchev–Trinajstić information content (AvgIpc) is 3.12. The van der Waals surface area contributed by atoms with Gasteiger partial charge in [0, 0.05) is 6.54 Å². The molecule has 2 rings (SSSR count). The van der Waals surface area contributed by atoms with Gasteiger partial charge in [-0.15, -0.1) is 0 Å². The van der Waals surface area contributed by atoms with Crippen molar-refractivity contribution in [3.8, 4) is 0 Å². The highest BCUT2D eigenvalue weighted by atomic mass is 16.2. The highest BCUT2D eigenvalue weighted by molar-refractivity contribution is 6.21. The minimum absolute atomic E-state index is 0.334. The number of hydrogen-bond donors (Lipinski definition) is 2. The number of nitrogens with zero attached hydrogens (tertiary/aromatic N) is 1. The fraction of sp³-hybridized carbons (Fsp3) is 0.636. The molecule has 1 aliphatic carbocycles. The number of barbiturate groups is 1. The Labute approximate surface area is 104 Å². The molecule has 5 amide bonds. The normalized spacial score (nSPS) is 20.9. The molecule has 1 saturated heterocycles. The number of carbonyl (C=O) groups excluding carboxylic acids is 4. The topological polar surface area (TPSA) is 95.6 Å². The van der Waals surface area contributed by atoms with Crippen molar-refractivity contribution in [2.24, 2.45) is 5.41 Å². The lowest BCUT2D eigenvalue weighted by atomic mass is 10.0. The van der Waals surface area contributed by atoms with E-state index in [9.17, 15) is 19.2 Å². The highest BCUT2D eigenvalue weighted by Gasteiger charge is 2.62. The van der Waals surface area contributed by atoms with Gasteiger partial charge in [0.05, 0.1) is 0 Å². The molecule has 0 unspecified atom stereocenters. The summed E-state index contributed by atoms with van der Waals surface area (Å²) in [6.45, 7) is 2.06. The van der Waals surface area contributed by atoms with Crippen molar-refractivity contribution in [2.45, 2.75) is 26.2 Å². The monoisotopic (exact) mass is 253 g/mol. The fourth-order valence-electron chi connectivity index (χ4n) is 1.91. The second-order valence-corrected chi connectivity index (χ2v) is 4.58. The van der Waals surface area contributed by atoms with Crippen LogP contribution >= 0.6 is 0 Å². The molecule has 0 aromatic heterocycles. The zero-order chi connectivity index (χ0) is 13.3. The number of imide groups is 2. The van der Waals surface area contributed by atoms with E-state index in [1.807, 2.05) is 6.92 Å². The van der Waals surface area contributed by atoms with Gasteiger partial charge in [-0.1, -0.05) is 6.92 Å². The zero-order valence-corrected chi connectivity index (χ0v) is 10.1. The first-order valence-corrected chi connectivity index (χ1v) is 5.95. The van der Waals surface area contributed by atoms with Gasteiger partial charge in [0.15, 0.2) is 0 Å². The van der Waals surface area contributed by atoms with Gasteiger partial charge < -0.3 is 5.32 Å². The molecule has 1 spiro atoms. The molecule has 1 aliphatic heterocycles. The van der Waals surface area contributed by atoms with Crippen molar-refractivity contribution < 1.29 is 19.2 Å². The van der Waals surface area contributed by atoms with Crippen LogP contribution in [0.25, 0.3) is 0 Å². The molecule has 2 fully saturated rings. The highest BCUT2D eigenvalue weighted by Crippen LogP contribution is 2.48. The maximum Gasteiger partial charge on any atom is 0.331 e. The van der Waals surface area contributed by atoms with E-state index in [1.54, 1.807) is 0 Å². The van der Waals surface area contributed by atoms with Gasteiger partial charge in [-0.2, -0.15) is 0 Å². The molecule has 18 heavy (non-hydrogen) atoms. The second-order valence-electron chi connectivity index (χ2n) is 4.58. The van der Waals surface area contributed by atoms with Crippen molar-refractivity contribution in [3.63, 3.8) is 0 Å². The van der Waals surface area contributed by atoms with Crippen LogP contribution < -0.4 is 10.6 Å². The van der Waals surface area contributed by atoms with E-state index in [2.05, 4.69) is 10.6 Å². The summed E-state index contributed by atoms with van der Waals surface area (Å²) in [5.74, 6) is -1.49. The summed E-state index contributed by atoms with van der Waals surface area (Å²) < 4.78 is 0. The quantitative estimate of drug-likeness (QED) is 0.652. The third-order valence-corrected chi connectivity index (χ3v) is 3.18. The predicted octanol–water partition coefficient (Wildman–Crippen LogP) is -0.629. The van der Waals surface area contributed by atoms with Crippen LogP contribution in [0.3, 0.4) is 0 Å². The van der Waals surface area contributed by atoms with E-state index >= 15 is 0 Å². The Bertz CT molecular complexity index is 428. The molecule has 0 atom stereocenters. The number of hydrogen-bond acceptors (Lipinski definition) is 4. The van der Waals surface area contributed by atoms with Gasteiger partial charge in [0.25, 0.3) is 0 Å².